The van der Waals surface area contributed by atoms with E-state index in [1.165, 1.54) is 35.9 Å². The monoisotopic (exact) mass is 961 g/mol. The fourth-order valence-corrected chi connectivity index (χ4v) is 8.42. The van der Waals surface area contributed by atoms with E-state index < -0.39 is 107 Å². The Kier molecular flexibility index (Phi) is 20.5. The number of amides is 8. The predicted octanol–water partition coefficient (Wildman–Crippen LogP) is 1.63. The third-order valence-electron chi connectivity index (χ3n) is 12.6. The Hall–Kier alpha value is -6.53. The van der Waals surface area contributed by atoms with E-state index >= 15 is 0 Å². The van der Waals surface area contributed by atoms with E-state index in [2.05, 4.69) is 26.6 Å². The van der Waals surface area contributed by atoms with Crippen LogP contribution in [0, 0.1) is 23.7 Å². The summed E-state index contributed by atoms with van der Waals surface area (Å²) in [6.07, 6.45) is -1.20. The molecule has 2 aromatic carbocycles. The van der Waals surface area contributed by atoms with Gasteiger partial charge in [-0.2, -0.15) is 0 Å². The molecule has 0 spiro atoms. The molecular formula is C50H72N8O11. The van der Waals surface area contributed by atoms with Crippen molar-refractivity contribution < 1.29 is 53.0 Å². The lowest BCUT2D eigenvalue weighted by Gasteiger charge is -2.34. The Labute approximate surface area is 404 Å². The highest BCUT2D eigenvalue weighted by molar-refractivity contribution is 5.97. The molecule has 2 fully saturated rings. The number of likely N-dealkylation sites (N-methyl/N-ethyl adjacent to an activating group) is 1. The van der Waals surface area contributed by atoms with Crippen LogP contribution in [0.1, 0.15) is 98.1 Å². The standard InChI is InChI=1S/C50H72N8O11/c1-9-30(6)42-50(68)69-31(7)43(56-45(63)36(19-20-40(51)60)52-41(61)24-29(4)5)47(65)54-37(23-28(2)3)49(67)58-22-21-34(27-58)44(62)53-38(25-32-13-11-10-12-14-32)48(66)57(8)39(46(64)55-42)26-33-15-17-35(59)18-16-33/h10-18,28-31,34,36-39,42-43,59H,9,19-27H2,1-8H3,(H2,51,60)(H,52,61)(H,53,62)(H,54,65)(H,55,64)(H,56,63)/t30?,31-,34-,36+,37+,38+,39+,42+,43+/m1/s1. The lowest BCUT2D eigenvalue weighted by Crippen LogP contribution is -2.61. The zero-order chi connectivity index (χ0) is 51.1. The Morgan fingerprint density at radius 1 is 0.826 bits per heavy atom. The van der Waals surface area contributed by atoms with Crippen LogP contribution in [0.15, 0.2) is 54.6 Å². The van der Waals surface area contributed by atoms with Crippen LogP contribution >= 0.6 is 0 Å². The number of nitrogens with zero attached hydrogens (tertiary/aromatic N) is 2. The van der Waals surface area contributed by atoms with Crippen molar-refractivity contribution in [2.75, 3.05) is 20.1 Å². The first-order chi connectivity index (χ1) is 32.6. The molecule has 9 atom stereocenters. The molecule has 2 saturated heterocycles. The Balaban J connectivity index is 1.83. The number of aromatic hydroxyl groups is 1. The number of carbonyl (C=O) groups excluding carboxylic acids is 9. The number of cyclic esters (lactones) is 1. The molecule has 8 N–H and O–H groups in total. The second-order valence-electron chi connectivity index (χ2n) is 19.3. The van der Waals surface area contributed by atoms with Gasteiger partial charge in [0.25, 0.3) is 0 Å². The van der Waals surface area contributed by atoms with Crippen LogP contribution in [-0.2, 0) is 60.7 Å². The van der Waals surface area contributed by atoms with Gasteiger partial charge in [0.15, 0.2) is 0 Å². The van der Waals surface area contributed by atoms with E-state index in [1.807, 2.05) is 32.0 Å². The number of benzene rings is 2. The average molecular weight is 961 g/mol. The summed E-state index contributed by atoms with van der Waals surface area (Å²) in [5.74, 6) is -7.92. The second-order valence-corrected chi connectivity index (χ2v) is 19.3. The zero-order valence-corrected chi connectivity index (χ0v) is 41.1. The number of esters is 1. The summed E-state index contributed by atoms with van der Waals surface area (Å²) in [7, 11) is 1.43. The molecule has 2 aromatic rings. The minimum atomic E-state index is -1.69. The zero-order valence-electron chi connectivity index (χ0n) is 41.1. The molecule has 1 unspecified atom stereocenters. The summed E-state index contributed by atoms with van der Waals surface area (Å²) in [4.78, 5) is 129. The quantitative estimate of drug-likeness (QED) is 0.119. The highest BCUT2D eigenvalue weighted by Crippen LogP contribution is 2.22. The lowest BCUT2D eigenvalue weighted by atomic mass is 9.96. The minimum Gasteiger partial charge on any atom is -0.508 e. The summed E-state index contributed by atoms with van der Waals surface area (Å²) in [5, 5.41) is 23.7. The number of hydrogen-bond donors (Lipinski definition) is 7. The molecule has 2 aliphatic heterocycles. The molecule has 0 radical (unpaired) electrons. The van der Waals surface area contributed by atoms with E-state index in [1.54, 1.807) is 52.0 Å². The Morgan fingerprint density at radius 2 is 1.46 bits per heavy atom. The fraction of sp³-hybridized carbons (Fsp3) is 0.580. The van der Waals surface area contributed by atoms with Gasteiger partial charge in [0.2, 0.25) is 47.3 Å². The predicted molar refractivity (Wildman–Crippen MR) is 255 cm³/mol. The van der Waals surface area contributed by atoms with Crippen molar-refractivity contribution in [1.29, 1.82) is 0 Å². The van der Waals surface area contributed by atoms with Crippen LogP contribution in [0.5, 0.6) is 5.75 Å². The maximum absolute atomic E-state index is 14.8. The van der Waals surface area contributed by atoms with Crippen molar-refractivity contribution in [1.82, 2.24) is 36.4 Å². The fourth-order valence-electron chi connectivity index (χ4n) is 8.42. The summed E-state index contributed by atoms with van der Waals surface area (Å²) in [6, 6.07) is 7.09. The van der Waals surface area contributed by atoms with Gasteiger partial charge >= 0.3 is 5.97 Å². The number of ether oxygens (including phenoxy) is 1. The van der Waals surface area contributed by atoms with E-state index in [4.69, 9.17) is 10.5 Å². The summed E-state index contributed by atoms with van der Waals surface area (Å²) in [5.41, 5.74) is 6.71. The van der Waals surface area contributed by atoms with Crippen LogP contribution in [-0.4, -0.2) is 131 Å². The first kappa shape index (κ1) is 55.1. The molecule has 19 nitrogen and oxygen atoms in total. The molecule has 0 aliphatic carbocycles. The maximum atomic E-state index is 14.8. The number of carbonyl (C=O) groups is 9. The van der Waals surface area contributed by atoms with Gasteiger partial charge in [-0.25, -0.2) is 4.79 Å². The van der Waals surface area contributed by atoms with Crippen LogP contribution in [0.25, 0.3) is 0 Å². The van der Waals surface area contributed by atoms with E-state index in [-0.39, 0.29) is 75.6 Å². The van der Waals surface area contributed by atoms with Crippen molar-refractivity contribution in [2.45, 2.75) is 142 Å². The number of phenols is 1. The molecule has 4 rings (SSSR count). The highest BCUT2D eigenvalue weighted by atomic mass is 16.5. The normalized spacial score (nSPS) is 24.2. The molecule has 2 aliphatic rings. The van der Waals surface area contributed by atoms with E-state index in [0.717, 1.165) is 5.56 Å². The Bertz CT molecular complexity index is 2140. The van der Waals surface area contributed by atoms with Crippen molar-refractivity contribution >= 4 is 53.2 Å². The molecule has 378 valence electrons. The molecule has 8 amide bonds. The largest absolute Gasteiger partial charge is 0.508 e. The smallest absolute Gasteiger partial charge is 0.329 e. The lowest BCUT2D eigenvalue weighted by molar-refractivity contribution is -0.158. The number of hydrogen-bond acceptors (Lipinski definition) is 11. The van der Waals surface area contributed by atoms with Gasteiger partial charge in [0.1, 0.15) is 48.1 Å². The molecular weight excluding hydrogens is 889 g/mol. The number of rotatable bonds is 16. The Morgan fingerprint density at radius 3 is 2.07 bits per heavy atom. The first-order valence-electron chi connectivity index (χ1n) is 23.9. The average Bonchev–Trinajstić information content (AvgIpc) is 3.80. The van der Waals surface area contributed by atoms with Crippen LogP contribution in [0.3, 0.4) is 0 Å². The molecule has 0 saturated carbocycles. The van der Waals surface area contributed by atoms with Crippen molar-refractivity contribution in [3.8, 4) is 5.75 Å². The topological polar surface area (TPSA) is 276 Å². The molecule has 2 bridgehead atoms. The van der Waals surface area contributed by atoms with E-state index in [0.29, 0.717) is 12.0 Å². The third-order valence-corrected chi connectivity index (χ3v) is 12.6. The molecule has 69 heavy (non-hydrogen) atoms. The van der Waals surface area contributed by atoms with Crippen LogP contribution in [0.2, 0.25) is 0 Å². The SMILES string of the molecule is CCC(C)[C@@H]1NC(=O)[C@H](Cc2ccc(O)cc2)N(C)C(=O)[C@H](Cc2ccccc2)NC(=O)[C@@H]2CCN(C2)C(=O)[C@H](CC(C)C)NC(=O)[C@@H](NC(=O)[C@H](CCC(N)=O)NC(=O)CC(C)C)[C@@H](C)OC1=O. The van der Waals surface area contributed by atoms with Gasteiger partial charge in [-0.05, 0) is 67.2 Å². The highest BCUT2D eigenvalue weighted by Gasteiger charge is 2.42. The second kappa shape index (κ2) is 25.7. The van der Waals surface area contributed by atoms with Gasteiger partial charge in [0.05, 0.1) is 5.92 Å². The van der Waals surface area contributed by atoms with Crippen LogP contribution < -0.4 is 32.3 Å². The number of nitrogens with one attached hydrogen (secondary N) is 5. The van der Waals surface area contributed by atoms with Gasteiger partial charge in [-0.3, -0.25) is 38.4 Å². The van der Waals surface area contributed by atoms with Gasteiger partial charge in [-0.15, -0.1) is 0 Å². The molecule has 2 heterocycles. The van der Waals surface area contributed by atoms with E-state index in [9.17, 15) is 48.3 Å². The van der Waals surface area contributed by atoms with Gasteiger partial charge < -0.3 is 52.0 Å². The number of primary amides is 1. The van der Waals surface area contributed by atoms with Gasteiger partial charge in [0, 0.05) is 45.8 Å². The molecule has 0 aromatic heterocycles. The summed E-state index contributed by atoms with van der Waals surface area (Å²) < 4.78 is 5.97. The summed E-state index contributed by atoms with van der Waals surface area (Å²) >= 11 is 0. The van der Waals surface area contributed by atoms with Crippen molar-refractivity contribution in [3.05, 3.63) is 65.7 Å². The maximum Gasteiger partial charge on any atom is 0.329 e. The third kappa shape index (κ3) is 16.3. The number of phenolic OH excluding ortho intramolecular Hbond substituents is 1. The minimum absolute atomic E-state index is 0.0222. The molecule has 19 heteroatoms. The van der Waals surface area contributed by atoms with Crippen molar-refractivity contribution in [2.24, 2.45) is 29.4 Å². The number of nitrogens with two attached hydrogens (primary N) is 1. The van der Waals surface area contributed by atoms with Crippen LogP contribution in [0.4, 0.5) is 0 Å². The first-order valence-corrected chi connectivity index (χ1v) is 23.9. The van der Waals surface area contributed by atoms with Crippen molar-refractivity contribution in [3.63, 3.8) is 0 Å². The number of fused-ring (bicyclic) bond motifs is 2. The van der Waals surface area contributed by atoms with Gasteiger partial charge in [-0.1, -0.05) is 90.4 Å². The summed E-state index contributed by atoms with van der Waals surface area (Å²) in [6.45, 7) is 12.3.